The molecular weight excluding hydrogens is 178 g/mol. The maximum Gasteiger partial charge on any atom is 0.188 e. The van der Waals surface area contributed by atoms with Crippen molar-refractivity contribution in [2.45, 2.75) is 38.7 Å². The molecule has 0 aromatic rings. The molecule has 1 aliphatic rings. The summed E-state index contributed by atoms with van der Waals surface area (Å²) < 4.78 is 0. The quantitative estimate of drug-likeness (QED) is 0.457. The Morgan fingerprint density at radius 1 is 1.57 bits per heavy atom. The van der Waals surface area contributed by atoms with E-state index in [1.54, 1.807) is 0 Å². The minimum atomic E-state index is -0.121. The second-order valence-corrected chi connectivity index (χ2v) is 3.94. The molecule has 0 bridgehead atoms. The van der Waals surface area contributed by atoms with Crippen LogP contribution in [-0.4, -0.2) is 30.3 Å². The van der Waals surface area contributed by atoms with E-state index < -0.39 is 0 Å². The normalized spacial score (nSPS) is 28.9. The maximum absolute atomic E-state index is 9.45. The topological polar surface area (TPSA) is 70.6 Å². The number of guanidine groups is 1. The van der Waals surface area contributed by atoms with Gasteiger partial charge in [-0.3, -0.25) is 4.99 Å². The Morgan fingerprint density at radius 3 is 3.00 bits per heavy atom. The van der Waals surface area contributed by atoms with Gasteiger partial charge in [0.25, 0.3) is 0 Å². The first-order chi connectivity index (χ1) is 6.72. The predicted octanol–water partition coefficient (Wildman–Crippen LogP) is 0.462. The van der Waals surface area contributed by atoms with Gasteiger partial charge in [0.1, 0.15) is 0 Å². The lowest BCUT2D eigenvalue weighted by atomic mass is 9.87. The monoisotopic (exact) mass is 199 g/mol. The number of nitrogens with one attached hydrogen (secondary N) is 1. The lowest BCUT2D eigenvalue weighted by molar-refractivity contribution is 0.103. The van der Waals surface area contributed by atoms with Crippen LogP contribution in [0.25, 0.3) is 0 Å². The average Bonchev–Trinajstić information content (AvgIpc) is 2.15. The number of nitrogens with two attached hydrogens (primary N) is 1. The van der Waals surface area contributed by atoms with E-state index in [0.717, 1.165) is 32.4 Å². The molecule has 14 heavy (non-hydrogen) atoms. The van der Waals surface area contributed by atoms with Crippen molar-refractivity contribution in [1.82, 2.24) is 5.32 Å². The molecule has 2 unspecified atom stereocenters. The molecule has 82 valence electrons. The van der Waals surface area contributed by atoms with Crippen LogP contribution in [0.15, 0.2) is 4.99 Å². The fourth-order valence-corrected chi connectivity index (χ4v) is 1.89. The summed E-state index contributed by atoms with van der Waals surface area (Å²) in [7, 11) is 0. The summed E-state index contributed by atoms with van der Waals surface area (Å²) in [5.41, 5.74) is 5.61. The van der Waals surface area contributed by atoms with Crippen molar-refractivity contribution in [3.63, 3.8) is 0 Å². The van der Waals surface area contributed by atoms with Gasteiger partial charge >= 0.3 is 0 Å². The van der Waals surface area contributed by atoms with Crippen LogP contribution < -0.4 is 11.1 Å². The van der Waals surface area contributed by atoms with Crippen molar-refractivity contribution in [2.24, 2.45) is 16.6 Å². The molecule has 0 saturated heterocycles. The zero-order valence-electron chi connectivity index (χ0n) is 8.87. The Labute approximate surface area is 85.6 Å². The number of nitrogens with zero attached hydrogens (tertiary/aromatic N) is 1. The largest absolute Gasteiger partial charge is 0.393 e. The van der Waals surface area contributed by atoms with E-state index in [2.05, 4.69) is 10.3 Å². The standard InChI is InChI=1S/C10H21N3O/c1-2-12-10(11)13-7-8-4-3-5-9(14)6-8/h8-9,14H,2-7H2,1H3,(H3,11,12,13). The summed E-state index contributed by atoms with van der Waals surface area (Å²) in [6.45, 7) is 3.55. The van der Waals surface area contributed by atoms with Gasteiger partial charge in [0.05, 0.1) is 6.10 Å². The van der Waals surface area contributed by atoms with Crippen molar-refractivity contribution >= 4 is 5.96 Å². The number of hydrogen-bond acceptors (Lipinski definition) is 2. The lowest BCUT2D eigenvalue weighted by Crippen LogP contribution is -2.32. The zero-order chi connectivity index (χ0) is 10.4. The number of aliphatic hydroxyl groups is 1. The van der Waals surface area contributed by atoms with Gasteiger partial charge in [0, 0.05) is 13.1 Å². The van der Waals surface area contributed by atoms with Crippen molar-refractivity contribution < 1.29 is 5.11 Å². The predicted molar refractivity (Wildman–Crippen MR) is 58.1 cm³/mol. The van der Waals surface area contributed by atoms with Crippen LogP contribution in [-0.2, 0) is 0 Å². The van der Waals surface area contributed by atoms with Gasteiger partial charge in [-0.2, -0.15) is 0 Å². The van der Waals surface area contributed by atoms with E-state index in [9.17, 15) is 5.11 Å². The Bertz CT molecular complexity index is 194. The third kappa shape index (κ3) is 3.96. The smallest absolute Gasteiger partial charge is 0.188 e. The third-order valence-electron chi connectivity index (χ3n) is 2.63. The van der Waals surface area contributed by atoms with Crippen molar-refractivity contribution in [1.29, 1.82) is 0 Å². The summed E-state index contributed by atoms with van der Waals surface area (Å²) >= 11 is 0. The highest BCUT2D eigenvalue weighted by Crippen LogP contribution is 2.24. The molecule has 0 heterocycles. The van der Waals surface area contributed by atoms with Gasteiger partial charge < -0.3 is 16.2 Å². The summed E-state index contributed by atoms with van der Waals surface area (Å²) in [6.07, 6.45) is 3.98. The Hall–Kier alpha value is -0.770. The maximum atomic E-state index is 9.45. The SMILES string of the molecule is CCNC(N)=NCC1CCCC(O)C1. The molecule has 0 aliphatic heterocycles. The van der Waals surface area contributed by atoms with E-state index in [-0.39, 0.29) is 6.10 Å². The fourth-order valence-electron chi connectivity index (χ4n) is 1.89. The molecule has 1 fully saturated rings. The summed E-state index contributed by atoms with van der Waals surface area (Å²) in [5.74, 6) is 1.03. The van der Waals surface area contributed by atoms with E-state index in [4.69, 9.17) is 5.73 Å². The summed E-state index contributed by atoms with van der Waals surface area (Å²) in [6, 6.07) is 0. The van der Waals surface area contributed by atoms with Crippen LogP contribution >= 0.6 is 0 Å². The van der Waals surface area contributed by atoms with Gasteiger partial charge in [-0.1, -0.05) is 6.42 Å². The molecule has 1 rings (SSSR count). The number of hydrogen-bond donors (Lipinski definition) is 3. The number of aliphatic imine (C=N–C) groups is 1. The van der Waals surface area contributed by atoms with Crippen LogP contribution in [0.2, 0.25) is 0 Å². The number of aliphatic hydroxyl groups excluding tert-OH is 1. The minimum absolute atomic E-state index is 0.121. The molecular formula is C10H21N3O. The summed E-state index contributed by atoms with van der Waals surface area (Å²) in [4.78, 5) is 4.24. The van der Waals surface area contributed by atoms with Crippen LogP contribution in [0, 0.1) is 5.92 Å². The molecule has 0 aromatic heterocycles. The lowest BCUT2D eigenvalue weighted by Gasteiger charge is -2.24. The summed E-state index contributed by atoms with van der Waals surface area (Å²) in [5, 5.41) is 12.4. The average molecular weight is 199 g/mol. The molecule has 0 aromatic carbocycles. The highest BCUT2D eigenvalue weighted by Gasteiger charge is 2.19. The van der Waals surface area contributed by atoms with Gasteiger partial charge in [-0.15, -0.1) is 0 Å². The Kier molecular flexibility index (Phi) is 4.73. The van der Waals surface area contributed by atoms with Crippen LogP contribution in [0.5, 0.6) is 0 Å². The highest BCUT2D eigenvalue weighted by molar-refractivity contribution is 5.77. The van der Waals surface area contributed by atoms with Crippen LogP contribution in [0.4, 0.5) is 0 Å². The Morgan fingerprint density at radius 2 is 2.36 bits per heavy atom. The van der Waals surface area contributed by atoms with Gasteiger partial charge in [0.15, 0.2) is 5.96 Å². The second kappa shape index (κ2) is 5.86. The second-order valence-electron chi connectivity index (χ2n) is 3.94. The van der Waals surface area contributed by atoms with E-state index in [1.807, 2.05) is 6.92 Å². The van der Waals surface area contributed by atoms with Crippen molar-refractivity contribution in [3.05, 3.63) is 0 Å². The molecule has 0 spiro atoms. The van der Waals surface area contributed by atoms with E-state index in [1.165, 1.54) is 6.42 Å². The molecule has 0 amide bonds. The van der Waals surface area contributed by atoms with Crippen LogP contribution in [0.3, 0.4) is 0 Å². The molecule has 0 radical (unpaired) electrons. The fraction of sp³-hybridized carbons (Fsp3) is 0.900. The molecule has 4 nitrogen and oxygen atoms in total. The Balaban J connectivity index is 2.26. The van der Waals surface area contributed by atoms with Gasteiger partial charge in [0.2, 0.25) is 0 Å². The number of rotatable bonds is 3. The molecule has 1 aliphatic carbocycles. The van der Waals surface area contributed by atoms with Crippen LogP contribution in [0.1, 0.15) is 32.6 Å². The zero-order valence-corrected chi connectivity index (χ0v) is 8.87. The highest BCUT2D eigenvalue weighted by atomic mass is 16.3. The molecule has 2 atom stereocenters. The molecule has 1 saturated carbocycles. The van der Waals surface area contributed by atoms with E-state index >= 15 is 0 Å². The third-order valence-corrected chi connectivity index (χ3v) is 2.63. The first-order valence-electron chi connectivity index (χ1n) is 5.44. The van der Waals surface area contributed by atoms with Crippen molar-refractivity contribution in [2.75, 3.05) is 13.1 Å². The van der Waals surface area contributed by atoms with Gasteiger partial charge in [-0.25, -0.2) is 0 Å². The van der Waals surface area contributed by atoms with E-state index in [0.29, 0.717) is 11.9 Å². The van der Waals surface area contributed by atoms with Gasteiger partial charge in [-0.05, 0) is 32.1 Å². The minimum Gasteiger partial charge on any atom is -0.393 e. The first kappa shape index (κ1) is 11.3. The first-order valence-corrected chi connectivity index (χ1v) is 5.44. The van der Waals surface area contributed by atoms with Crippen molar-refractivity contribution in [3.8, 4) is 0 Å². The molecule has 4 heteroatoms. The molecule has 4 N–H and O–H groups in total.